The van der Waals surface area contributed by atoms with Crippen molar-refractivity contribution in [3.05, 3.63) is 24.0 Å². The van der Waals surface area contributed by atoms with Gasteiger partial charge in [0, 0.05) is 6.20 Å². The lowest BCUT2D eigenvalue weighted by Gasteiger charge is -2.35. The summed E-state index contributed by atoms with van der Waals surface area (Å²) >= 11 is 0. The number of carbonyl (C=O) groups excluding carboxylic acids is 2. The molecule has 0 aliphatic heterocycles. The Hall–Kier alpha value is -1.78. The van der Waals surface area contributed by atoms with Crippen molar-refractivity contribution in [2.24, 2.45) is 5.92 Å². The summed E-state index contributed by atoms with van der Waals surface area (Å²) in [6, 6.07) is 3.63. The first-order valence-corrected chi connectivity index (χ1v) is 7.55. The minimum Gasteiger partial charge on any atom is -0.455 e. The van der Waals surface area contributed by atoms with Gasteiger partial charge in [0.2, 0.25) is 0 Å². The topological polar surface area (TPSA) is 57.5 Å². The molecule has 5 nitrogen and oxygen atoms in total. The average molecular weight is 293 g/mol. The van der Waals surface area contributed by atoms with Gasteiger partial charge < -0.3 is 9.47 Å². The number of ether oxygens (including phenoxy) is 2. The Bertz CT molecular complexity index is 486. The van der Waals surface area contributed by atoms with Crippen molar-refractivity contribution in [2.45, 2.75) is 51.6 Å². The van der Waals surface area contributed by atoms with Crippen LogP contribution in [0.3, 0.4) is 0 Å². The fraction of sp³-hybridized carbons (Fsp3) is 0.625. The van der Waals surface area contributed by atoms with E-state index in [9.17, 15) is 9.59 Å². The summed E-state index contributed by atoms with van der Waals surface area (Å²) in [5.41, 5.74) is 0.0171. The zero-order valence-corrected chi connectivity index (χ0v) is 12.7. The molecule has 116 valence electrons. The highest BCUT2D eigenvalue weighted by Crippen LogP contribution is 2.40. The van der Waals surface area contributed by atoms with Gasteiger partial charge in [0.1, 0.15) is 0 Å². The molecule has 0 N–H and O–H groups in total. The van der Waals surface area contributed by atoms with E-state index in [2.05, 4.69) is 0 Å². The second-order valence-corrected chi connectivity index (χ2v) is 6.00. The first-order chi connectivity index (χ1) is 10.1. The quantitative estimate of drug-likeness (QED) is 0.780. The van der Waals surface area contributed by atoms with Crippen LogP contribution in [-0.4, -0.2) is 23.7 Å². The second-order valence-electron chi connectivity index (χ2n) is 6.00. The molecular formula is C16H23NO4. The number of rotatable bonds is 5. The highest BCUT2D eigenvalue weighted by molar-refractivity contribution is 5.72. The Balaban J connectivity index is 2.24. The molecule has 1 aliphatic rings. The molecule has 1 saturated carbocycles. The monoisotopic (exact) mass is 293 g/mol. The Morgan fingerprint density at radius 2 is 2.10 bits per heavy atom. The molecule has 0 bridgehead atoms. The van der Waals surface area contributed by atoms with Crippen LogP contribution in [0.4, 0.5) is 4.79 Å². The molecule has 1 heterocycles. The molecule has 0 saturated heterocycles. The highest BCUT2D eigenvalue weighted by Gasteiger charge is 2.39. The minimum atomic E-state index is -0.694. The summed E-state index contributed by atoms with van der Waals surface area (Å²) in [5, 5.41) is 0. The third-order valence-corrected chi connectivity index (χ3v) is 3.89. The fourth-order valence-electron chi connectivity index (χ4n) is 2.87. The van der Waals surface area contributed by atoms with Crippen LogP contribution >= 0.6 is 0 Å². The molecule has 21 heavy (non-hydrogen) atoms. The van der Waals surface area contributed by atoms with Crippen molar-refractivity contribution in [2.75, 3.05) is 6.61 Å². The van der Waals surface area contributed by atoms with Gasteiger partial charge in [-0.3, -0.25) is 9.36 Å². The van der Waals surface area contributed by atoms with Gasteiger partial charge >= 0.3 is 6.09 Å². The number of carbonyl (C=O) groups is 2. The molecule has 0 spiro atoms. The first-order valence-electron chi connectivity index (χ1n) is 7.55. The van der Waals surface area contributed by atoms with Crippen LogP contribution in [0.1, 0.15) is 51.6 Å². The van der Waals surface area contributed by atoms with Crippen LogP contribution in [0, 0.1) is 5.92 Å². The van der Waals surface area contributed by atoms with E-state index in [1.54, 1.807) is 12.3 Å². The van der Waals surface area contributed by atoms with Crippen LogP contribution in [0.5, 0.6) is 0 Å². The van der Waals surface area contributed by atoms with E-state index < -0.39 is 11.7 Å². The molecule has 1 aliphatic carbocycles. The van der Waals surface area contributed by atoms with Gasteiger partial charge in [-0.15, -0.1) is 0 Å². The van der Waals surface area contributed by atoms with E-state index in [-0.39, 0.29) is 5.92 Å². The lowest BCUT2D eigenvalue weighted by atomic mass is 9.82. The van der Waals surface area contributed by atoms with Crippen molar-refractivity contribution in [3.63, 3.8) is 0 Å². The van der Waals surface area contributed by atoms with Gasteiger partial charge in [0.25, 0.3) is 6.47 Å². The van der Waals surface area contributed by atoms with Gasteiger partial charge in [-0.05, 0) is 43.7 Å². The van der Waals surface area contributed by atoms with E-state index in [0.29, 0.717) is 18.8 Å². The maximum Gasteiger partial charge on any atom is 0.418 e. The number of aromatic nitrogens is 1. The smallest absolute Gasteiger partial charge is 0.418 e. The predicted molar refractivity (Wildman–Crippen MR) is 77.9 cm³/mol. The standard InChI is InChI=1S/C16H23NO4/c1-13(2)11-20-15(19)17-10-6-7-14(17)16(21-12-18)8-4-3-5-9-16/h6-7,10,12-13H,3-5,8-9,11H2,1-2H3. The van der Waals surface area contributed by atoms with Crippen molar-refractivity contribution in [1.82, 2.24) is 4.57 Å². The molecule has 1 fully saturated rings. The third kappa shape index (κ3) is 3.46. The average Bonchev–Trinajstić information content (AvgIpc) is 2.96. The maximum absolute atomic E-state index is 12.2. The fourth-order valence-corrected chi connectivity index (χ4v) is 2.87. The van der Waals surface area contributed by atoms with Crippen LogP contribution in [0.2, 0.25) is 0 Å². The van der Waals surface area contributed by atoms with E-state index in [1.807, 2.05) is 19.9 Å². The van der Waals surface area contributed by atoms with Crippen LogP contribution in [0.25, 0.3) is 0 Å². The third-order valence-electron chi connectivity index (χ3n) is 3.89. The Morgan fingerprint density at radius 3 is 2.71 bits per heavy atom. The highest BCUT2D eigenvalue weighted by atomic mass is 16.6. The zero-order valence-electron chi connectivity index (χ0n) is 12.7. The summed E-state index contributed by atoms with van der Waals surface area (Å²) in [7, 11) is 0. The molecule has 0 aromatic carbocycles. The molecule has 0 radical (unpaired) electrons. The molecule has 0 amide bonds. The lowest BCUT2D eigenvalue weighted by Crippen LogP contribution is -2.36. The molecular weight excluding hydrogens is 270 g/mol. The van der Waals surface area contributed by atoms with Crippen molar-refractivity contribution >= 4 is 12.6 Å². The minimum absolute atomic E-state index is 0.280. The van der Waals surface area contributed by atoms with Gasteiger partial charge in [-0.1, -0.05) is 20.3 Å². The van der Waals surface area contributed by atoms with E-state index >= 15 is 0 Å². The van der Waals surface area contributed by atoms with Gasteiger partial charge in [-0.2, -0.15) is 0 Å². The summed E-state index contributed by atoms with van der Waals surface area (Å²) < 4.78 is 12.2. The summed E-state index contributed by atoms with van der Waals surface area (Å²) in [6.45, 7) is 4.84. The summed E-state index contributed by atoms with van der Waals surface area (Å²) in [4.78, 5) is 23.1. The first kappa shape index (κ1) is 15.6. The lowest BCUT2D eigenvalue weighted by molar-refractivity contribution is -0.149. The Morgan fingerprint density at radius 1 is 1.38 bits per heavy atom. The molecule has 1 aromatic heterocycles. The number of hydrogen-bond donors (Lipinski definition) is 0. The van der Waals surface area contributed by atoms with Gasteiger partial charge in [0.05, 0.1) is 12.3 Å². The normalized spacial score (nSPS) is 17.5. The van der Waals surface area contributed by atoms with Gasteiger partial charge in [-0.25, -0.2) is 4.79 Å². The number of hydrogen-bond acceptors (Lipinski definition) is 4. The van der Waals surface area contributed by atoms with E-state index in [4.69, 9.17) is 9.47 Å². The molecule has 1 aromatic rings. The largest absolute Gasteiger partial charge is 0.455 e. The maximum atomic E-state index is 12.2. The number of nitrogens with zero attached hydrogens (tertiary/aromatic N) is 1. The second kappa shape index (κ2) is 6.78. The zero-order chi connectivity index (χ0) is 15.3. The SMILES string of the molecule is CC(C)COC(=O)n1cccc1C1(OC=O)CCCCC1. The van der Waals surface area contributed by atoms with Crippen LogP contribution < -0.4 is 0 Å². The molecule has 0 unspecified atom stereocenters. The van der Waals surface area contributed by atoms with Gasteiger partial charge in [0.15, 0.2) is 5.60 Å². The summed E-state index contributed by atoms with van der Waals surface area (Å²) in [5.74, 6) is 0.280. The van der Waals surface area contributed by atoms with Crippen molar-refractivity contribution in [1.29, 1.82) is 0 Å². The van der Waals surface area contributed by atoms with Crippen molar-refractivity contribution in [3.8, 4) is 0 Å². The Labute approximate surface area is 125 Å². The van der Waals surface area contributed by atoms with Crippen LogP contribution in [0.15, 0.2) is 18.3 Å². The molecule has 0 atom stereocenters. The molecule has 5 heteroatoms. The van der Waals surface area contributed by atoms with E-state index in [0.717, 1.165) is 32.1 Å². The van der Waals surface area contributed by atoms with Crippen LogP contribution in [-0.2, 0) is 19.9 Å². The Kier molecular flexibility index (Phi) is 5.04. The molecule has 2 rings (SSSR count). The predicted octanol–water partition coefficient (Wildman–Crippen LogP) is 3.46. The summed E-state index contributed by atoms with van der Waals surface area (Å²) in [6.07, 6.45) is 5.84. The van der Waals surface area contributed by atoms with Crippen molar-refractivity contribution < 1.29 is 19.1 Å². The van der Waals surface area contributed by atoms with E-state index in [1.165, 1.54) is 4.57 Å².